The van der Waals surface area contributed by atoms with E-state index in [-0.39, 0.29) is 0 Å². The Bertz CT molecular complexity index is 947. The molecule has 0 bridgehead atoms. The van der Waals surface area contributed by atoms with Crippen molar-refractivity contribution in [2.24, 2.45) is 0 Å². The molecular weight excluding hydrogens is 310 g/mol. The molecule has 0 spiro atoms. The van der Waals surface area contributed by atoms with Gasteiger partial charge in [0.15, 0.2) is 11.5 Å². The van der Waals surface area contributed by atoms with Crippen molar-refractivity contribution in [1.29, 1.82) is 0 Å². The highest BCUT2D eigenvalue weighted by Crippen LogP contribution is 2.34. The van der Waals surface area contributed by atoms with Crippen LogP contribution in [0.4, 0.5) is 5.82 Å². The lowest BCUT2D eigenvalue weighted by atomic mass is 10.1. The average molecular weight is 325 g/mol. The molecule has 0 amide bonds. The molecule has 0 aliphatic carbocycles. The molecule has 0 saturated heterocycles. The summed E-state index contributed by atoms with van der Waals surface area (Å²) >= 11 is 0. The maximum Gasteiger partial charge on any atom is 0.346 e. The Labute approximate surface area is 136 Å². The van der Waals surface area contributed by atoms with E-state index in [9.17, 15) is 4.79 Å². The van der Waals surface area contributed by atoms with Gasteiger partial charge in [-0.05, 0) is 17.7 Å². The van der Waals surface area contributed by atoms with Crippen molar-refractivity contribution in [1.82, 2.24) is 19.7 Å². The van der Waals surface area contributed by atoms with Gasteiger partial charge in [-0.1, -0.05) is 6.07 Å². The highest BCUT2D eigenvalue weighted by molar-refractivity contribution is 5.66. The summed E-state index contributed by atoms with van der Waals surface area (Å²) in [5, 5.41) is 4.33. The Hall–Kier alpha value is -3.29. The van der Waals surface area contributed by atoms with Gasteiger partial charge in [0.25, 0.3) is 0 Å². The predicted octanol–water partition coefficient (Wildman–Crippen LogP) is 1.04. The van der Waals surface area contributed by atoms with Gasteiger partial charge in [0.2, 0.25) is 0 Å². The Kier molecular flexibility index (Phi) is 3.42. The largest absolute Gasteiger partial charge is 0.486 e. The Morgan fingerprint density at radius 3 is 2.83 bits per heavy atom. The van der Waals surface area contributed by atoms with Crippen molar-refractivity contribution in [2.45, 2.75) is 6.54 Å². The molecule has 0 atom stereocenters. The molecule has 3 aromatic rings. The molecule has 0 unspecified atom stereocenters. The standard InChI is InChI=1S/C16H15N5O3/c17-15-12(6-18-16(22)20-15)9-21-8-11(7-19-21)10-1-2-13-14(5-10)24-4-3-23-13/h1-2,5-8H,3-4,9H2,(H3,17,18,20,22). The molecule has 24 heavy (non-hydrogen) atoms. The van der Waals surface area contributed by atoms with Crippen LogP contribution in [0.5, 0.6) is 11.5 Å². The monoisotopic (exact) mass is 325 g/mol. The number of benzene rings is 1. The van der Waals surface area contributed by atoms with E-state index in [2.05, 4.69) is 15.1 Å². The van der Waals surface area contributed by atoms with Gasteiger partial charge in [-0.3, -0.25) is 9.67 Å². The van der Waals surface area contributed by atoms with Crippen molar-refractivity contribution in [3.8, 4) is 22.6 Å². The number of H-pyrrole nitrogens is 1. The molecule has 1 aliphatic heterocycles. The van der Waals surface area contributed by atoms with Crippen LogP contribution >= 0.6 is 0 Å². The first kappa shape index (κ1) is 14.3. The lowest BCUT2D eigenvalue weighted by molar-refractivity contribution is 0.171. The molecule has 0 saturated carbocycles. The normalized spacial score (nSPS) is 13.0. The summed E-state index contributed by atoms with van der Waals surface area (Å²) in [4.78, 5) is 17.3. The van der Waals surface area contributed by atoms with Gasteiger partial charge in [-0.2, -0.15) is 5.10 Å². The molecule has 4 rings (SSSR count). The van der Waals surface area contributed by atoms with Crippen LogP contribution in [0.1, 0.15) is 5.56 Å². The molecule has 122 valence electrons. The van der Waals surface area contributed by atoms with Crippen LogP contribution < -0.4 is 20.9 Å². The second kappa shape index (κ2) is 5.73. The number of rotatable bonds is 3. The Morgan fingerprint density at radius 1 is 1.17 bits per heavy atom. The molecule has 0 fully saturated rings. The molecule has 1 aromatic carbocycles. The molecule has 3 N–H and O–H groups in total. The predicted molar refractivity (Wildman–Crippen MR) is 87.0 cm³/mol. The zero-order valence-electron chi connectivity index (χ0n) is 12.7. The van der Waals surface area contributed by atoms with E-state index in [1.54, 1.807) is 10.9 Å². The Balaban J connectivity index is 1.59. The zero-order valence-corrected chi connectivity index (χ0v) is 12.7. The fraction of sp³-hybridized carbons (Fsp3) is 0.188. The second-order valence-electron chi connectivity index (χ2n) is 5.41. The van der Waals surface area contributed by atoms with Crippen molar-refractivity contribution >= 4 is 5.82 Å². The third kappa shape index (κ3) is 2.69. The highest BCUT2D eigenvalue weighted by atomic mass is 16.6. The maximum absolute atomic E-state index is 11.1. The Morgan fingerprint density at radius 2 is 2.00 bits per heavy atom. The molecule has 8 heteroatoms. The summed E-state index contributed by atoms with van der Waals surface area (Å²) in [6.07, 6.45) is 5.12. The molecule has 3 heterocycles. The lowest BCUT2D eigenvalue weighted by Crippen LogP contribution is -2.15. The van der Waals surface area contributed by atoms with E-state index in [0.717, 1.165) is 22.6 Å². The van der Waals surface area contributed by atoms with Crippen molar-refractivity contribution in [3.63, 3.8) is 0 Å². The third-order valence-corrected chi connectivity index (χ3v) is 3.77. The minimum atomic E-state index is -0.464. The third-order valence-electron chi connectivity index (χ3n) is 3.77. The highest BCUT2D eigenvalue weighted by Gasteiger charge is 2.13. The number of nitrogens with zero attached hydrogens (tertiary/aromatic N) is 3. The number of nitrogens with one attached hydrogen (secondary N) is 1. The van der Waals surface area contributed by atoms with Crippen LogP contribution in [0.3, 0.4) is 0 Å². The summed E-state index contributed by atoms with van der Waals surface area (Å²) in [6.45, 7) is 1.53. The lowest BCUT2D eigenvalue weighted by Gasteiger charge is -2.18. The van der Waals surface area contributed by atoms with Gasteiger partial charge in [0.05, 0.1) is 12.7 Å². The summed E-state index contributed by atoms with van der Waals surface area (Å²) in [6, 6.07) is 5.79. The van der Waals surface area contributed by atoms with E-state index in [1.165, 1.54) is 6.20 Å². The number of hydrogen-bond acceptors (Lipinski definition) is 6. The maximum atomic E-state index is 11.1. The first-order valence-corrected chi connectivity index (χ1v) is 7.45. The van der Waals surface area contributed by atoms with Gasteiger partial charge in [-0.25, -0.2) is 9.78 Å². The van der Waals surface area contributed by atoms with E-state index in [1.807, 2.05) is 24.4 Å². The number of nitrogens with two attached hydrogens (primary N) is 1. The van der Waals surface area contributed by atoms with Gasteiger partial charge in [0.1, 0.15) is 19.0 Å². The topological polar surface area (TPSA) is 108 Å². The molecule has 2 aromatic heterocycles. The number of nitrogen functional groups attached to an aromatic ring is 1. The van der Waals surface area contributed by atoms with Gasteiger partial charge >= 0.3 is 5.69 Å². The summed E-state index contributed by atoms with van der Waals surface area (Å²) in [5.74, 6) is 1.79. The number of ether oxygens (including phenoxy) is 2. The van der Waals surface area contributed by atoms with E-state index < -0.39 is 5.69 Å². The smallest absolute Gasteiger partial charge is 0.346 e. The summed E-state index contributed by atoms with van der Waals surface area (Å²) < 4.78 is 12.9. The van der Waals surface area contributed by atoms with Gasteiger partial charge in [0, 0.05) is 23.5 Å². The van der Waals surface area contributed by atoms with E-state index in [0.29, 0.717) is 31.1 Å². The first-order chi connectivity index (χ1) is 11.7. The van der Waals surface area contributed by atoms with E-state index >= 15 is 0 Å². The SMILES string of the molecule is Nc1[nH]c(=O)ncc1Cn1cc(-c2ccc3c(c2)OCCO3)cn1. The van der Waals surface area contributed by atoms with Crippen LogP contribution in [0.2, 0.25) is 0 Å². The van der Waals surface area contributed by atoms with Gasteiger partial charge in [-0.15, -0.1) is 0 Å². The minimum Gasteiger partial charge on any atom is -0.486 e. The summed E-state index contributed by atoms with van der Waals surface area (Å²) in [5.41, 5.74) is 7.96. The van der Waals surface area contributed by atoms with Crippen LogP contribution in [0.25, 0.3) is 11.1 Å². The van der Waals surface area contributed by atoms with E-state index in [4.69, 9.17) is 15.2 Å². The molecular formula is C16H15N5O3. The van der Waals surface area contributed by atoms with Crippen LogP contribution in [-0.4, -0.2) is 33.0 Å². The van der Waals surface area contributed by atoms with Crippen LogP contribution in [0, 0.1) is 0 Å². The first-order valence-electron chi connectivity index (χ1n) is 7.45. The molecule has 1 aliphatic rings. The molecule has 8 nitrogen and oxygen atoms in total. The average Bonchev–Trinajstić information content (AvgIpc) is 3.06. The minimum absolute atomic E-state index is 0.298. The fourth-order valence-electron chi connectivity index (χ4n) is 2.56. The second-order valence-corrected chi connectivity index (χ2v) is 5.41. The van der Waals surface area contributed by atoms with Crippen molar-refractivity contribution in [3.05, 3.63) is 52.8 Å². The quantitative estimate of drug-likeness (QED) is 0.745. The van der Waals surface area contributed by atoms with Gasteiger partial charge < -0.3 is 15.2 Å². The number of fused-ring (bicyclic) bond motifs is 1. The fourth-order valence-corrected chi connectivity index (χ4v) is 2.56. The van der Waals surface area contributed by atoms with Crippen molar-refractivity contribution in [2.75, 3.05) is 18.9 Å². The number of aromatic amines is 1. The summed E-state index contributed by atoms with van der Waals surface area (Å²) in [7, 11) is 0. The number of hydrogen-bond donors (Lipinski definition) is 2. The van der Waals surface area contributed by atoms with Crippen LogP contribution in [-0.2, 0) is 6.54 Å². The van der Waals surface area contributed by atoms with Crippen LogP contribution in [0.15, 0.2) is 41.6 Å². The number of aromatic nitrogens is 4. The zero-order chi connectivity index (χ0) is 16.5. The molecule has 0 radical (unpaired) electrons. The number of anilines is 1. The van der Waals surface area contributed by atoms with Crippen molar-refractivity contribution < 1.29 is 9.47 Å².